The van der Waals surface area contributed by atoms with Gasteiger partial charge in [-0.1, -0.05) is 0 Å². The Hall–Kier alpha value is -2.96. The van der Waals surface area contributed by atoms with Crippen LogP contribution in [-0.4, -0.2) is 18.9 Å². The maximum absolute atomic E-state index is 13.2. The van der Waals surface area contributed by atoms with Crippen LogP contribution in [0.3, 0.4) is 0 Å². The Balaban J connectivity index is 1.68. The minimum Gasteiger partial charge on any atom is -0.497 e. The van der Waals surface area contributed by atoms with Crippen LogP contribution in [0.2, 0.25) is 0 Å². The molecule has 1 fully saturated rings. The molecule has 0 bridgehead atoms. The van der Waals surface area contributed by atoms with Gasteiger partial charge in [-0.3, -0.25) is 9.59 Å². The highest BCUT2D eigenvalue weighted by Crippen LogP contribution is 2.47. The van der Waals surface area contributed by atoms with E-state index in [0.29, 0.717) is 24.3 Å². The summed E-state index contributed by atoms with van der Waals surface area (Å²) in [6.45, 7) is 0. The van der Waals surface area contributed by atoms with E-state index in [-0.39, 0.29) is 5.69 Å². The number of anilines is 2. The second kappa shape index (κ2) is 6.51. The smallest absolute Gasteiger partial charge is 0.240 e. The van der Waals surface area contributed by atoms with Crippen molar-refractivity contribution in [1.29, 1.82) is 0 Å². The third-order valence-electron chi connectivity index (χ3n) is 4.14. The molecule has 7 heteroatoms. The lowest BCUT2D eigenvalue weighted by Crippen LogP contribution is -2.35. The zero-order valence-corrected chi connectivity index (χ0v) is 13.4. The van der Waals surface area contributed by atoms with Crippen molar-refractivity contribution in [3.8, 4) is 5.75 Å². The first-order chi connectivity index (χ1) is 11.9. The molecule has 5 nitrogen and oxygen atoms in total. The molecule has 0 unspecified atom stereocenters. The summed E-state index contributed by atoms with van der Waals surface area (Å²) in [5, 5.41) is 5.17. The molecule has 1 saturated carbocycles. The Morgan fingerprint density at radius 3 is 2.00 bits per heavy atom. The fourth-order valence-electron chi connectivity index (χ4n) is 2.43. The van der Waals surface area contributed by atoms with E-state index in [4.69, 9.17) is 4.74 Å². The van der Waals surface area contributed by atoms with Crippen molar-refractivity contribution in [3.05, 3.63) is 54.1 Å². The van der Waals surface area contributed by atoms with E-state index in [2.05, 4.69) is 10.6 Å². The minimum atomic E-state index is -1.19. The van der Waals surface area contributed by atoms with E-state index in [1.165, 1.54) is 13.2 Å². The lowest BCUT2D eigenvalue weighted by molar-refractivity contribution is -0.131. The van der Waals surface area contributed by atoms with E-state index in [1.807, 2.05) is 0 Å². The van der Waals surface area contributed by atoms with E-state index >= 15 is 0 Å². The van der Waals surface area contributed by atoms with Gasteiger partial charge in [0.15, 0.2) is 11.6 Å². The monoisotopic (exact) mass is 346 g/mol. The van der Waals surface area contributed by atoms with Crippen molar-refractivity contribution >= 4 is 23.2 Å². The summed E-state index contributed by atoms with van der Waals surface area (Å²) >= 11 is 0. The van der Waals surface area contributed by atoms with Gasteiger partial charge in [0.25, 0.3) is 0 Å². The molecule has 2 amide bonds. The van der Waals surface area contributed by atoms with Gasteiger partial charge < -0.3 is 15.4 Å². The van der Waals surface area contributed by atoms with Crippen molar-refractivity contribution in [3.63, 3.8) is 0 Å². The van der Waals surface area contributed by atoms with E-state index in [9.17, 15) is 18.4 Å². The van der Waals surface area contributed by atoms with Gasteiger partial charge in [0, 0.05) is 17.4 Å². The van der Waals surface area contributed by atoms with E-state index in [1.54, 1.807) is 24.3 Å². The number of halogens is 2. The zero-order valence-electron chi connectivity index (χ0n) is 13.4. The van der Waals surface area contributed by atoms with Crippen LogP contribution in [0, 0.1) is 17.0 Å². The molecule has 1 aliphatic rings. The van der Waals surface area contributed by atoms with Crippen LogP contribution in [0.4, 0.5) is 20.2 Å². The van der Waals surface area contributed by atoms with Crippen molar-refractivity contribution in [2.45, 2.75) is 12.8 Å². The molecular weight excluding hydrogens is 330 g/mol. The Morgan fingerprint density at radius 1 is 0.920 bits per heavy atom. The van der Waals surface area contributed by atoms with Crippen LogP contribution < -0.4 is 15.4 Å². The van der Waals surface area contributed by atoms with Gasteiger partial charge in [-0.15, -0.1) is 0 Å². The highest BCUT2D eigenvalue weighted by Gasteiger charge is 2.56. The van der Waals surface area contributed by atoms with Crippen LogP contribution in [-0.2, 0) is 9.59 Å². The molecule has 2 aromatic rings. The topological polar surface area (TPSA) is 67.4 Å². The second-order valence-corrected chi connectivity index (χ2v) is 5.85. The summed E-state index contributed by atoms with van der Waals surface area (Å²) in [6, 6.07) is 9.76. The largest absolute Gasteiger partial charge is 0.497 e. The van der Waals surface area contributed by atoms with Gasteiger partial charge in [-0.05, 0) is 49.2 Å². The number of hydrogen-bond acceptors (Lipinski definition) is 3. The van der Waals surface area contributed by atoms with Crippen LogP contribution in [0.1, 0.15) is 12.8 Å². The fraction of sp³-hybridized carbons (Fsp3) is 0.222. The molecule has 0 atom stereocenters. The third-order valence-corrected chi connectivity index (χ3v) is 4.14. The number of nitrogens with one attached hydrogen (secondary N) is 2. The molecule has 3 rings (SSSR count). The summed E-state index contributed by atoms with van der Waals surface area (Å²) in [4.78, 5) is 24.9. The third kappa shape index (κ3) is 3.45. The zero-order chi connectivity index (χ0) is 18.0. The summed E-state index contributed by atoms with van der Waals surface area (Å²) < 4.78 is 31.2. The Kier molecular flexibility index (Phi) is 4.39. The van der Waals surface area contributed by atoms with Gasteiger partial charge in [0.2, 0.25) is 11.8 Å². The number of amides is 2. The summed E-state index contributed by atoms with van der Waals surface area (Å²) in [5.74, 6) is -2.39. The number of benzene rings is 2. The lowest BCUT2D eigenvalue weighted by Gasteiger charge is -2.15. The highest BCUT2D eigenvalue weighted by molar-refractivity contribution is 6.16. The lowest BCUT2D eigenvalue weighted by atomic mass is 10.0. The standard InChI is InChI=1S/C18H16F2N2O3/c1-25-13-5-2-11(3-6-13)21-16(23)18(8-9-18)17(24)22-12-4-7-14(19)15(20)10-12/h2-7,10H,8-9H2,1H3,(H,21,23)(H,22,24). The van der Waals surface area contributed by atoms with Crippen molar-refractivity contribution < 1.29 is 23.1 Å². The Morgan fingerprint density at radius 2 is 1.48 bits per heavy atom. The predicted octanol–water partition coefficient (Wildman–Crippen LogP) is 3.33. The predicted molar refractivity (Wildman–Crippen MR) is 88.3 cm³/mol. The molecule has 130 valence electrons. The first kappa shape index (κ1) is 16.9. The first-order valence-electron chi connectivity index (χ1n) is 7.67. The molecule has 2 N–H and O–H groups in total. The number of ether oxygens (including phenoxy) is 1. The SMILES string of the molecule is COc1ccc(NC(=O)C2(C(=O)Nc3ccc(F)c(F)c3)CC2)cc1. The van der Waals surface area contributed by atoms with Gasteiger partial charge >= 0.3 is 0 Å². The molecule has 0 radical (unpaired) electrons. The maximum atomic E-state index is 13.2. The van der Waals surface area contributed by atoms with Crippen LogP contribution in [0.15, 0.2) is 42.5 Å². The molecule has 0 saturated heterocycles. The molecule has 0 aromatic heterocycles. The quantitative estimate of drug-likeness (QED) is 0.816. The first-order valence-corrected chi connectivity index (χ1v) is 7.67. The molecule has 2 aromatic carbocycles. The fourth-order valence-corrected chi connectivity index (χ4v) is 2.43. The minimum absolute atomic E-state index is 0.104. The number of carbonyl (C=O) groups excluding carboxylic acids is 2. The molecular formula is C18H16F2N2O3. The summed E-state index contributed by atoms with van der Waals surface area (Å²) in [5.41, 5.74) is -0.546. The van der Waals surface area contributed by atoms with Crippen molar-refractivity contribution in [2.24, 2.45) is 5.41 Å². The van der Waals surface area contributed by atoms with Crippen LogP contribution in [0.5, 0.6) is 5.75 Å². The van der Waals surface area contributed by atoms with E-state index in [0.717, 1.165) is 12.1 Å². The number of hydrogen-bond donors (Lipinski definition) is 2. The average Bonchev–Trinajstić information content (AvgIpc) is 3.41. The number of carbonyl (C=O) groups is 2. The molecule has 1 aliphatic carbocycles. The van der Waals surface area contributed by atoms with Gasteiger partial charge in [-0.2, -0.15) is 0 Å². The van der Waals surface area contributed by atoms with Gasteiger partial charge in [0.05, 0.1) is 7.11 Å². The Bertz CT molecular complexity index is 818. The number of rotatable bonds is 5. The maximum Gasteiger partial charge on any atom is 0.240 e. The summed E-state index contributed by atoms with van der Waals surface area (Å²) in [6.07, 6.45) is 0.787. The molecule has 0 spiro atoms. The van der Waals surface area contributed by atoms with Crippen molar-refractivity contribution in [2.75, 3.05) is 17.7 Å². The molecule has 0 heterocycles. The van der Waals surface area contributed by atoms with Crippen molar-refractivity contribution in [1.82, 2.24) is 0 Å². The summed E-state index contributed by atoms with van der Waals surface area (Å²) in [7, 11) is 1.54. The van der Waals surface area contributed by atoms with Gasteiger partial charge in [-0.25, -0.2) is 8.78 Å². The second-order valence-electron chi connectivity index (χ2n) is 5.85. The molecule has 0 aliphatic heterocycles. The van der Waals surface area contributed by atoms with Crippen LogP contribution >= 0.6 is 0 Å². The highest BCUT2D eigenvalue weighted by atomic mass is 19.2. The normalized spacial score (nSPS) is 14.5. The van der Waals surface area contributed by atoms with E-state index < -0.39 is 28.9 Å². The average molecular weight is 346 g/mol. The van der Waals surface area contributed by atoms with Crippen LogP contribution in [0.25, 0.3) is 0 Å². The van der Waals surface area contributed by atoms with Gasteiger partial charge in [0.1, 0.15) is 11.2 Å². The Labute approximate surface area is 143 Å². The molecule has 25 heavy (non-hydrogen) atoms. The number of methoxy groups -OCH3 is 1.